The number of nitrogens with one attached hydrogen (secondary N) is 2. The highest BCUT2D eigenvalue weighted by molar-refractivity contribution is 6.33. The highest BCUT2D eigenvalue weighted by Crippen LogP contribution is 2.38. The number of aromatic amines is 1. The van der Waals surface area contributed by atoms with Crippen molar-refractivity contribution in [2.45, 2.75) is 39.3 Å². The maximum Gasteiger partial charge on any atom is 0.425 e. The second-order valence-corrected chi connectivity index (χ2v) is 7.88. The molecule has 0 saturated carbocycles. The standard InChI is InChI=1S/C21H19ClF4N6O3/c1-3-31-16(9-33)30-32(20(31)34)11-7-14-17(15(8-11)35-10(2)21(24,25)26)19(29-28-14)27-18-12(22)5-4-6-13(18)23/h4-8,10,33H,3,9H2,1-2H3,(H2,27,28,29)/t10-/m1/s1. The zero-order valence-electron chi connectivity index (χ0n) is 18.3. The van der Waals surface area contributed by atoms with Crippen LogP contribution in [0.2, 0.25) is 5.02 Å². The van der Waals surface area contributed by atoms with Gasteiger partial charge in [0.2, 0.25) is 0 Å². The fourth-order valence-corrected chi connectivity index (χ4v) is 3.65. The number of rotatable bonds is 7. The molecular weight excluding hydrogens is 496 g/mol. The third-order valence-corrected chi connectivity index (χ3v) is 5.54. The first-order valence-electron chi connectivity index (χ1n) is 10.3. The molecule has 0 radical (unpaired) electrons. The van der Waals surface area contributed by atoms with Gasteiger partial charge in [-0.05, 0) is 32.0 Å². The summed E-state index contributed by atoms with van der Waals surface area (Å²) in [7, 11) is 0. The Morgan fingerprint density at radius 2 is 2.06 bits per heavy atom. The molecule has 186 valence electrons. The monoisotopic (exact) mass is 514 g/mol. The lowest BCUT2D eigenvalue weighted by Crippen LogP contribution is -2.31. The van der Waals surface area contributed by atoms with E-state index in [1.807, 2.05) is 0 Å². The molecule has 35 heavy (non-hydrogen) atoms. The number of para-hydroxylation sites is 1. The highest BCUT2D eigenvalue weighted by atomic mass is 35.5. The minimum Gasteiger partial charge on any atom is -0.480 e. The van der Waals surface area contributed by atoms with Crippen LogP contribution < -0.4 is 15.7 Å². The number of hydrogen-bond donors (Lipinski definition) is 3. The Bertz CT molecular complexity index is 1430. The molecule has 0 saturated heterocycles. The number of ether oxygens (including phenoxy) is 1. The molecule has 0 spiro atoms. The third kappa shape index (κ3) is 4.56. The van der Waals surface area contributed by atoms with E-state index in [2.05, 4.69) is 20.6 Å². The summed E-state index contributed by atoms with van der Waals surface area (Å²) in [5.41, 5.74) is -0.507. The Morgan fingerprint density at radius 1 is 1.31 bits per heavy atom. The molecule has 4 rings (SSSR count). The molecule has 2 aromatic heterocycles. The van der Waals surface area contributed by atoms with E-state index in [4.69, 9.17) is 16.3 Å². The molecule has 9 nitrogen and oxygen atoms in total. The summed E-state index contributed by atoms with van der Waals surface area (Å²) in [5.74, 6) is -0.977. The summed E-state index contributed by atoms with van der Waals surface area (Å²) >= 11 is 6.06. The number of aliphatic hydroxyl groups excluding tert-OH is 1. The van der Waals surface area contributed by atoms with Gasteiger partial charge in [0.1, 0.15) is 18.2 Å². The van der Waals surface area contributed by atoms with Gasteiger partial charge in [0.25, 0.3) is 0 Å². The smallest absolute Gasteiger partial charge is 0.425 e. The topological polar surface area (TPSA) is 110 Å². The average molecular weight is 515 g/mol. The number of aliphatic hydroxyl groups is 1. The summed E-state index contributed by atoms with van der Waals surface area (Å²) in [6.07, 6.45) is -6.92. The zero-order chi connectivity index (χ0) is 25.5. The molecule has 0 aliphatic rings. The van der Waals surface area contributed by atoms with E-state index in [-0.39, 0.29) is 51.2 Å². The van der Waals surface area contributed by atoms with Gasteiger partial charge in [0, 0.05) is 12.6 Å². The van der Waals surface area contributed by atoms with Crippen molar-refractivity contribution in [3.05, 3.63) is 57.5 Å². The van der Waals surface area contributed by atoms with Crippen LogP contribution in [0.15, 0.2) is 35.1 Å². The Kier molecular flexibility index (Phi) is 6.47. The highest BCUT2D eigenvalue weighted by Gasteiger charge is 2.38. The van der Waals surface area contributed by atoms with Gasteiger partial charge in [-0.25, -0.2) is 9.18 Å². The largest absolute Gasteiger partial charge is 0.480 e. The number of alkyl halides is 3. The number of H-pyrrole nitrogens is 1. The van der Waals surface area contributed by atoms with Gasteiger partial charge in [-0.3, -0.25) is 9.67 Å². The van der Waals surface area contributed by atoms with Gasteiger partial charge in [0.05, 0.1) is 27.3 Å². The molecule has 0 bridgehead atoms. The fraction of sp³-hybridized carbons (Fsp3) is 0.286. The molecule has 2 heterocycles. The van der Waals surface area contributed by atoms with Crippen molar-refractivity contribution in [2.75, 3.05) is 5.32 Å². The summed E-state index contributed by atoms with van der Waals surface area (Å²) in [6, 6.07) is 6.57. The van der Waals surface area contributed by atoms with E-state index >= 15 is 0 Å². The summed E-state index contributed by atoms with van der Waals surface area (Å²) in [6.45, 7) is 2.19. The van der Waals surface area contributed by atoms with Crippen molar-refractivity contribution in [1.29, 1.82) is 0 Å². The predicted molar refractivity (Wildman–Crippen MR) is 120 cm³/mol. The first-order valence-corrected chi connectivity index (χ1v) is 10.7. The molecule has 2 aromatic carbocycles. The Hall–Kier alpha value is -3.58. The van der Waals surface area contributed by atoms with Gasteiger partial charge in [-0.1, -0.05) is 17.7 Å². The molecule has 0 aliphatic heterocycles. The van der Waals surface area contributed by atoms with Crippen molar-refractivity contribution in [3.63, 3.8) is 0 Å². The first-order chi connectivity index (χ1) is 16.5. The molecule has 14 heteroatoms. The number of anilines is 2. The number of benzene rings is 2. The van der Waals surface area contributed by atoms with Crippen LogP contribution in [0.1, 0.15) is 19.7 Å². The minimum absolute atomic E-state index is 0.0251. The number of fused-ring (bicyclic) bond motifs is 1. The van der Waals surface area contributed by atoms with Crippen molar-refractivity contribution < 1.29 is 27.4 Å². The molecule has 0 aliphatic carbocycles. The number of hydrogen-bond acceptors (Lipinski definition) is 6. The zero-order valence-corrected chi connectivity index (χ0v) is 19.1. The SMILES string of the molecule is CCn1c(CO)nn(-c2cc(O[C@H](C)C(F)(F)F)c3c(Nc4c(F)cccc4Cl)n[nH]c3c2)c1=O. The molecule has 0 unspecified atom stereocenters. The van der Waals surface area contributed by atoms with Gasteiger partial charge >= 0.3 is 11.9 Å². The van der Waals surface area contributed by atoms with Crippen LogP contribution in [0, 0.1) is 5.82 Å². The van der Waals surface area contributed by atoms with Crippen LogP contribution in [0.4, 0.5) is 29.1 Å². The number of aromatic nitrogens is 5. The van der Waals surface area contributed by atoms with Crippen LogP contribution in [-0.4, -0.2) is 41.9 Å². The first kappa shape index (κ1) is 24.5. The lowest BCUT2D eigenvalue weighted by Gasteiger charge is -2.19. The lowest BCUT2D eigenvalue weighted by molar-refractivity contribution is -0.188. The fourth-order valence-electron chi connectivity index (χ4n) is 3.44. The second kappa shape index (κ2) is 9.23. The minimum atomic E-state index is -4.70. The van der Waals surface area contributed by atoms with Crippen LogP contribution in [0.3, 0.4) is 0 Å². The quantitative estimate of drug-likeness (QED) is 0.317. The normalized spacial score (nSPS) is 12.8. The van der Waals surface area contributed by atoms with E-state index in [1.165, 1.54) is 28.8 Å². The maximum absolute atomic E-state index is 14.3. The van der Waals surface area contributed by atoms with Gasteiger partial charge in [-0.2, -0.15) is 23.0 Å². The van der Waals surface area contributed by atoms with E-state index in [9.17, 15) is 27.5 Å². The Balaban J connectivity index is 1.90. The van der Waals surface area contributed by atoms with E-state index in [1.54, 1.807) is 6.92 Å². The summed E-state index contributed by atoms with van der Waals surface area (Å²) < 4.78 is 61.6. The average Bonchev–Trinajstić information content (AvgIpc) is 3.35. The molecular formula is C21H19ClF4N6O3. The van der Waals surface area contributed by atoms with E-state index in [0.29, 0.717) is 0 Å². The van der Waals surface area contributed by atoms with Crippen molar-refractivity contribution in [1.82, 2.24) is 24.5 Å². The Labute approximate surface area is 199 Å². The Morgan fingerprint density at radius 3 is 2.66 bits per heavy atom. The van der Waals surface area contributed by atoms with Gasteiger partial charge in [-0.15, -0.1) is 5.10 Å². The van der Waals surface area contributed by atoms with Gasteiger partial charge < -0.3 is 15.2 Å². The second-order valence-electron chi connectivity index (χ2n) is 7.48. The van der Waals surface area contributed by atoms with Crippen molar-refractivity contribution in [3.8, 4) is 11.4 Å². The van der Waals surface area contributed by atoms with Crippen LogP contribution in [-0.2, 0) is 13.2 Å². The van der Waals surface area contributed by atoms with Crippen LogP contribution in [0.5, 0.6) is 5.75 Å². The van der Waals surface area contributed by atoms with E-state index in [0.717, 1.165) is 17.7 Å². The summed E-state index contributed by atoms with van der Waals surface area (Å²) in [4.78, 5) is 12.8. The number of halogens is 5. The molecule has 4 aromatic rings. The molecule has 1 atom stereocenters. The molecule has 0 amide bonds. The van der Waals surface area contributed by atoms with Crippen LogP contribution in [0.25, 0.3) is 16.6 Å². The third-order valence-electron chi connectivity index (χ3n) is 5.22. The molecule has 3 N–H and O–H groups in total. The van der Waals surface area contributed by atoms with Crippen molar-refractivity contribution >= 4 is 34.0 Å². The number of nitrogens with zero attached hydrogens (tertiary/aromatic N) is 4. The van der Waals surface area contributed by atoms with Crippen LogP contribution >= 0.6 is 11.6 Å². The summed E-state index contributed by atoms with van der Waals surface area (Å²) in [5, 5.41) is 23.0. The maximum atomic E-state index is 14.3. The molecule has 0 fully saturated rings. The predicted octanol–water partition coefficient (Wildman–Crippen LogP) is 4.29. The van der Waals surface area contributed by atoms with E-state index < -0.39 is 30.4 Å². The van der Waals surface area contributed by atoms with Crippen molar-refractivity contribution in [2.24, 2.45) is 0 Å². The lowest BCUT2D eigenvalue weighted by atomic mass is 10.2. The van der Waals surface area contributed by atoms with Gasteiger partial charge in [0.15, 0.2) is 17.7 Å².